The summed E-state index contributed by atoms with van der Waals surface area (Å²) in [6.45, 7) is 0. The Labute approximate surface area is 128 Å². The first-order valence-electron chi connectivity index (χ1n) is 5.75. The number of carbonyl (C=O) groups is 3. The zero-order valence-corrected chi connectivity index (χ0v) is 12.6. The van der Waals surface area contributed by atoms with Crippen LogP contribution in [0.3, 0.4) is 0 Å². The number of carboxylic acid groups (broad SMARTS) is 1. The van der Waals surface area contributed by atoms with Crippen molar-refractivity contribution < 1.29 is 24.2 Å². The Morgan fingerprint density at radius 1 is 1.38 bits per heavy atom. The standard InChI is InChI=1S/C12H14BrN3O5/c1-21-8-3-6(13)2-7(4-8)15-12(20)16-9(11(18)19)5-10(14)17/h2-4,9H,5H2,1H3,(H2,14,17)(H,18,19)(H2,15,16,20)/t9-/m0/s1. The normalized spacial score (nSPS) is 11.3. The molecule has 0 saturated heterocycles. The molecule has 21 heavy (non-hydrogen) atoms. The van der Waals surface area contributed by atoms with Gasteiger partial charge in [-0.05, 0) is 12.1 Å². The van der Waals surface area contributed by atoms with E-state index >= 15 is 0 Å². The smallest absolute Gasteiger partial charge is 0.326 e. The number of urea groups is 1. The summed E-state index contributed by atoms with van der Waals surface area (Å²) in [6.07, 6.45) is -0.495. The summed E-state index contributed by atoms with van der Waals surface area (Å²) < 4.78 is 5.70. The first-order chi connectivity index (χ1) is 9.81. The summed E-state index contributed by atoms with van der Waals surface area (Å²) in [4.78, 5) is 33.4. The SMILES string of the molecule is COc1cc(Br)cc(NC(=O)N[C@@H](CC(N)=O)C(=O)O)c1. The van der Waals surface area contributed by atoms with Gasteiger partial charge < -0.3 is 26.2 Å². The summed E-state index contributed by atoms with van der Waals surface area (Å²) in [6, 6.07) is 2.68. The molecule has 0 bridgehead atoms. The highest BCUT2D eigenvalue weighted by atomic mass is 79.9. The minimum Gasteiger partial charge on any atom is -0.497 e. The Bertz CT molecular complexity index is 564. The van der Waals surface area contributed by atoms with Gasteiger partial charge in [0.2, 0.25) is 5.91 Å². The number of carbonyl (C=O) groups excluding carboxylic acids is 2. The van der Waals surface area contributed by atoms with Crippen molar-refractivity contribution in [3.8, 4) is 5.75 Å². The highest BCUT2D eigenvalue weighted by Crippen LogP contribution is 2.24. The van der Waals surface area contributed by atoms with Gasteiger partial charge in [-0.15, -0.1) is 0 Å². The lowest BCUT2D eigenvalue weighted by Crippen LogP contribution is -2.45. The van der Waals surface area contributed by atoms with Gasteiger partial charge >= 0.3 is 12.0 Å². The van der Waals surface area contributed by atoms with E-state index in [2.05, 4.69) is 26.6 Å². The number of nitrogens with two attached hydrogens (primary N) is 1. The van der Waals surface area contributed by atoms with Crippen LogP contribution in [-0.2, 0) is 9.59 Å². The minimum absolute atomic E-state index is 0.391. The van der Waals surface area contributed by atoms with Crippen LogP contribution in [0.5, 0.6) is 5.75 Å². The largest absolute Gasteiger partial charge is 0.497 e. The van der Waals surface area contributed by atoms with Crippen LogP contribution in [-0.4, -0.2) is 36.2 Å². The lowest BCUT2D eigenvalue weighted by atomic mass is 10.2. The molecular weight excluding hydrogens is 346 g/mol. The fraction of sp³-hybridized carbons (Fsp3) is 0.250. The third kappa shape index (κ3) is 5.69. The molecule has 1 rings (SSSR count). The molecule has 8 nitrogen and oxygen atoms in total. The van der Waals surface area contributed by atoms with E-state index in [4.69, 9.17) is 15.6 Å². The highest BCUT2D eigenvalue weighted by Gasteiger charge is 2.22. The van der Waals surface area contributed by atoms with Crippen molar-refractivity contribution >= 4 is 39.5 Å². The number of halogens is 1. The Hall–Kier alpha value is -2.29. The molecule has 0 aliphatic heterocycles. The van der Waals surface area contributed by atoms with Gasteiger partial charge in [0.1, 0.15) is 11.8 Å². The van der Waals surface area contributed by atoms with Gasteiger partial charge in [0.05, 0.1) is 13.5 Å². The van der Waals surface area contributed by atoms with E-state index in [1.165, 1.54) is 7.11 Å². The van der Waals surface area contributed by atoms with Crippen LogP contribution in [0.4, 0.5) is 10.5 Å². The van der Waals surface area contributed by atoms with Crippen molar-refractivity contribution in [3.05, 3.63) is 22.7 Å². The zero-order chi connectivity index (χ0) is 16.0. The highest BCUT2D eigenvalue weighted by molar-refractivity contribution is 9.10. The first-order valence-corrected chi connectivity index (χ1v) is 6.54. The lowest BCUT2D eigenvalue weighted by molar-refractivity contribution is -0.140. The maximum Gasteiger partial charge on any atom is 0.326 e. The second kappa shape index (κ2) is 7.48. The van der Waals surface area contributed by atoms with Crippen molar-refractivity contribution in [2.45, 2.75) is 12.5 Å². The van der Waals surface area contributed by atoms with Crippen LogP contribution in [0.15, 0.2) is 22.7 Å². The lowest BCUT2D eigenvalue weighted by Gasteiger charge is -2.14. The molecule has 0 fully saturated rings. The monoisotopic (exact) mass is 359 g/mol. The number of hydrogen-bond acceptors (Lipinski definition) is 4. The maximum absolute atomic E-state index is 11.7. The predicted octanol–water partition coefficient (Wildman–Crippen LogP) is 0.908. The summed E-state index contributed by atoms with van der Waals surface area (Å²) in [5, 5.41) is 13.5. The van der Waals surface area contributed by atoms with E-state index in [9.17, 15) is 14.4 Å². The molecular formula is C12H14BrN3O5. The minimum atomic E-state index is -1.39. The van der Waals surface area contributed by atoms with Gasteiger partial charge in [0.25, 0.3) is 0 Å². The van der Waals surface area contributed by atoms with Gasteiger partial charge in [0, 0.05) is 16.2 Å². The third-order valence-electron chi connectivity index (χ3n) is 2.37. The predicted molar refractivity (Wildman–Crippen MR) is 78.1 cm³/mol. The first kappa shape index (κ1) is 16.8. The van der Waals surface area contributed by atoms with E-state index in [1.54, 1.807) is 18.2 Å². The molecule has 5 N–H and O–H groups in total. The Morgan fingerprint density at radius 2 is 2.05 bits per heavy atom. The number of carboxylic acids is 1. The van der Waals surface area contributed by atoms with E-state index < -0.39 is 30.4 Å². The molecule has 9 heteroatoms. The molecule has 0 heterocycles. The summed E-state index contributed by atoms with van der Waals surface area (Å²) in [5.74, 6) is -1.67. The molecule has 0 aromatic heterocycles. The number of aliphatic carboxylic acids is 1. The Kier molecular flexibility index (Phi) is 5.97. The van der Waals surface area contributed by atoms with Crippen LogP contribution in [0, 0.1) is 0 Å². The molecule has 1 atom stereocenters. The maximum atomic E-state index is 11.7. The molecule has 0 aliphatic carbocycles. The number of benzene rings is 1. The number of primary amides is 1. The second-order valence-electron chi connectivity index (χ2n) is 4.04. The van der Waals surface area contributed by atoms with Crippen molar-refractivity contribution in [2.24, 2.45) is 5.73 Å². The molecule has 0 radical (unpaired) electrons. The van der Waals surface area contributed by atoms with E-state index in [0.717, 1.165) is 0 Å². The fourth-order valence-corrected chi connectivity index (χ4v) is 1.95. The van der Waals surface area contributed by atoms with Gasteiger partial charge in [-0.25, -0.2) is 9.59 Å². The van der Waals surface area contributed by atoms with Crippen LogP contribution in [0.2, 0.25) is 0 Å². The van der Waals surface area contributed by atoms with E-state index in [0.29, 0.717) is 15.9 Å². The Balaban J connectivity index is 2.74. The number of rotatable bonds is 6. The molecule has 1 aromatic rings. The van der Waals surface area contributed by atoms with Gasteiger partial charge in [-0.3, -0.25) is 4.79 Å². The average molecular weight is 360 g/mol. The van der Waals surface area contributed by atoms with Crippen LogP contribution in [0.25, 0.3) is 0 Å². The van der Waals surface area contributed by atoms with Crippen LogP contribution in [0.1, 0.15) is 6.42 Å². The topological polar surface area (TPSA) is 131 Å². The number of hydrogen-bond donors (Lipinski definition) is 4. The average Bonchev–Trinajstić information content (AvgIpc) is 2.36. The van der Waals surface area contributed by atoms with Crippen molar-refractivity contribution in [1.29, 1.82) is 0 Å². The van der Waals surface area contributed by atoms with Crippen molar-refractivity contribution in [2.75, 3.05) is 12.4 Å². The summed E-state index contributed by atoms with van der Waals surface area (Å²) in [5.41, 5.74) is 5.31. The van der Waals surface area contributed by atoms with Crippen molar-refractivity contribution in [3.63, 3.8) is 0 Å². The molecule has 0 spiro atoms. The number of ether oxygens (including phenoxy) is 1. The Morgan fingerprint density at radius 3 is 2.57 bits per heavy atom. The van der Waals surface area contributed by atoms with Gasteiger partial charge in [-0.2, -0.15) is 0 Å². The second-order valence-corrected chi connectivity index (χ2v) is 4.96. The van der Waals surface area contributed by atoms with Crippen molar-refractivity contribution in [1.82, 2.24) is 5.32 Å². The van der Waals surface area contributed by atoms with Gasteiger partial charge in [-0.1, -0.05) is 15.9 Å². The molecule has 0 aliphatic rings. The number of anilines is 1. The number of methoxy groups -OCH3 is 1. The van der Waals surface area contributed by atoms with E-state index in [-0.39, 0.29) is 0 Å². The number of nitrogens with one attached hydrogen (secondary N) is 2. The third-order valence-corrected chi connectivity index (χ3v) is 2.83. The van der Waals surface area contributed by atoms with E-state index in [1.807, 2.05) is 0 Å². The molecule has 3 amide bonds. The quantitative estimate of drug-likeness (QED) is 0.599. The zero-order valence-electron chi connectivity index (χ0n) is 11.1. The molecule has 0 unspecified atom stereocenters. The summed E-state index contributed by atoms with van der Waals surface area (Å²) in [7, 11) is 1.47. The van der Waals surface area contributed by atoms with Crippen LogP contribution >= 0.6 is 15.9 Å². The van der Waals surface area contributed by atoms with Gasteiger partial charge in [0.15, 0.2) is 0 Å². The van der Waals surface area contributed by atoms with Crippen LogP contribution < -0.4 is 21.1 Å². The number of amides is 3. The molecule has 114 valence electrons. The molecule has 0 saturated carbocycles. The molecule has 1 aromatic carbocycles. The summed E-state index contributed by atoms with van der Waals surface area (Å²) >= 11 is 3.24. The fourth-order valence-electron chi connectivity index (χ4n) is 1.48.